The number of benzene rings is 1. The zero-order valence-electron chi connectivity index (χ0n) is 11.4. The first-order valence-electron chi connectivity index (χ1n) is 7.12. The van der Waals surface area contributed by atoms with Crippen molar-refractivity contribution in [1.82, 2.24) is 5.32 Å². The van der Waals surface area contributed by atoms with Crippen LogP contribution in [0.3, 0.4) is 0 Å². The van der Waals surface area contributed by atoms with Gasteiger partial charge in [-0.3, -0.25) is 4.79 Å². The number of nitrogens with one attached hydrogen (secondary N) is 1. The van der Waals surface area contributed by atoms with E-state index in [9.17, 15) is 4.79 Å². The highest BCUT2D eigenvalue weighted by Crippen LogP contribution is 2.45. The molecule has 1 aromatic carbocycles. The summed E-state index contributed by atoms with van der Waals surface area (Å²) in [5.74, 6) is 3.04. The summed E-state index contributed by atoms with van der Waals surface area (Å²) in [5, 5.41) is 3.06. The van der Waals surface area contributed by atoms with Crippen LogP contribution in [0.5, 0.6) is 0 Å². The molecule has 1 heterocycles. The number of amides is 1. The summed E-state index contributed by atoms with van der Waals surface area (Å²) < 4.78 is 0.537. The summed E-state index contributed by atoms with van der Waals surface area (Å²) in [7, 11) is 0. The monoisotopic (exact) mass is 308 g/mol. The van der Waals surface area contributed by atoms with Crippen molar-refractivity contribution in [3.05, 3.63) is 35.4 Å². The van der Waals surface area contributed by atoms with E-state index in [1.165, 1.54) is 29.9 Å². The molecule has 1 aromatic rings. The van der Waals surface area contributed by atoms with Gasteiger partial charge in [0, 0.05) is 29.7 Å². The Morgan fingerprint density at radius 1 is 1.25 bits per heavy atom. The molecule has 2 aliphatic rings. The first kappa shape index (κ1) is 14.3. The van der Waals surface area contributed by atoms with Crippen LogP contribution in [0.1, 0.15) is 33.3 Å². The first-order valence-corrected chi connectivity index (χ1v) is 9.22. The lowest BCUT2D eigenvalue weighted by molar-refractivity contribution is 0.0933. The lowest BCUT2D eigenvalue weighted by atomic mass is 10.1. The van der Waals surface area contributed by atoms with Crippen molar-refractivity contribution < 1.29 is 4.79 Å². The zero-order valence-corrected chi connectivity index (χ0v) is 13.0. The van der Waals surface area contributed by atoms with E-state index >= 15 is 0 Å². The molecule has 2 fully saturated rings. The van der Waals surface area contributed by atoms with E-state index in [-0.39, 0.29) is 11.9 Å². The molecular formula is C15H20N2OS2. The Kier molecular flexibility index (Phi) is 4.58. The van der Waals surface area contributed by atoms with E-state index in [0.717, 1.165) is 5.56 Å². The number of thioether (sulfide) groups is 2. The molecule has 1 saturated heterocycles. The Morgan fingerprint density at radius 3 is 2.45 bits per heavy atom. The SMILES string of the molecule is NCC(NC(=O)c1ccc(C2SCCS2)cc1)C1CC1. The van der Waals surface area contributed by atoms with Crippen LogP contribution < -0.4 is 11.1 Å². The fourth-order valence-corrected chi connectivity index (χ4v) is 5.32. The number of carbonyl (C=O) groups is 1. The molecule has 3 N–H and O–H groups in total. The van der Waals surface area contributed by atoms with E-state index in [1.54, 1.807) is 0 Å². The summed E-state index contributed by atoms with van der Waals surface area (Å²) in [6, 6.07) is 8.18. The van der Waals surface area contributed by atoms with Gasteiger partial charge < -0.3 is 11.1 Å². The van der Waals surface area contributed by atoms with E-state index in [0.29, 0.717) is 17.0 Å². The van der Waals surface area contributed by atoms with Gasteiger partial charge in [0.15, 0.2) is 0 Å². The molecule has 0 spiro atoms. The van der Waals surface area contributed by atoms with Gasteiger partial charge in [-0.1, -0.05) is 12.1 Å². The molecule has 3 rings (SSSR count). The van der Waals surface area contributed by atoms with Crippen molar-refractivity contribution in [2.75, 3.05) is 18.1 Å². The third-order valence-electron chi connectivity index (χ3n) is 3.83. The van der Waals surface area contributed by atoms with E-state index in [1.807, 2.05) is 35.7 Å². The van der Waals surface area contributed by atoms with Gasteiger partial charge in [0.05, 0.1) is 4.58 Å². The van der Waals surface area contributed by atoms with Crippen molar-refractivity contribution >= 4 is 29.4 Å². The van der Waals surface area contributed by atoms with Gasteiger partial charge in [-0.25, -0.2) is 0 Å². The molecule has 3 nitrogen and oxygen atoms in total. The van der Waals surface area contributed by atoms with Crippen LogP contribution in [-0.4, -0.2) is 30.0 Å². The fraction of sp³-hybridized carbons (Fsp3) is 0.533. The second kappa shape index (κ2) is 6.41. The van der Waals surface area contributed by atoms with Crippen molar-refractivity contribution in [3.63, 3.8) is 0 Å². The molecule has 0 aromatic heterocycles. The first-order chi connectivity index (χ1) is 9.78. The maximum atomic E-state index is 12.2. The summed E-state index contributed by atoms with van der Waals surface area (Å²) in [4.78, 5) is 12.2. The second-order valence-corrected chi connectivity index (χ2v) is 8.07. The average Bonchev–Trinajstić information content (AvgIpc) is 3.18. The molecule has 0 bridgehead atoms. The average molecular weight is 308 g/mol. The topological polar surface area (TPSA) is 55.1 Å². The van der Waals surface area contributed by atoms with Gasteiger partial charge >= 0.3 is 0 Å². The summed E-state index contributed by atoms with van der Waals surface area (Å²) >= 11 is 3.96. The van der Waals surface area contributed by atoms with Crippen LogP contribution in [0.15, 0.2) is 24.3 Å². The minimum atomic E-state index is 0.00521. The summed E-state index contributed by atoms with van der Waals surface area (Å²) in [6.07, 6.45) is 2.38. The molecule has 1 unspecified atom stereocenters. The van der Waals surface area contributed by atoms with Crippen molar-refractivity contribution in [2.24, 2.45) is 11.7 Å². The Bertz CT molecular complexity index is 467. The summed E-state index contributed by atoms with van der Waals surface area (Å²) in [6.45, 7) is 0.532. The molecule has 1 atom stereocenters. The van der Waals surface area contributed by atoms with Crippen LogP contribution in [-0.2, 0) is 0 Å². The molecule has 1 saturated carbocycles. The number of hydrogen-bond donors (Lipinski definition) is 2. The number of carbonyl (C=O) groups excluding carboxylic acids is 1. The van der Waals surface area contributed by atoms with Gasteiger partial charge in [0.1, 0.15) is 0 Å². The largest absolute Gasteiger partial charge is 0.348 e. The lowest BCUT2D eigenvalue weighted by Crippen LogP contribution is -2.41. The molecule has 108 valence electrons. The minimum absolute atomic E-state index is 0.00521. The van der Waals surface area contributed by atoms with Crippen molar-refractivity contribution in [2.45, 2.75) is 23.5 Å². The van der Waals surface area contributed by atoms with E-state index in [4.69, 9.17) is 5.73 Å². The van der Waals surface area contributed by atoms with E-state index < -0.39 is 0 Å². The Morgan fingerprint density at radius 2 is 1.90 bits per heavy atom. The van der Waals surface area contributed by atoms with E-state index in [2.05, 4.69) is 17.4 Å². The standard InChI is InChI=1S/C15H20N2OS2/c16-9-13(10-1-2-10)17-14(18)11-3-5-12(6-4-11)15-19-7-8-20-15/h3-6,10,13,15H,1-2,7-9,16H2,(H,17,18). The predicted molar refractivity (Wildman–Crippen MR) is 87.1 cm³/mol. The fourth-order valence-electron chi connectivity index (χ4n) is 2.46. The minimum Gasteiger partial charge on any atom is -0.348 e. The lowest BCUT2D eigenvalue weighted by Gasteiger charge is -2.16. The Balaban J connectivity index is 1.62. The Hall–Kier alpha value is -0.650. The van der Waals surface area contributed by atoms with Crippen molar-refractivity contribution in [1.29, 1.82) is 0 Å². The third-order valence-corrected chi connectivity index (χ3v) is 6.93. The molecule has 20 heavy (non-hydrogen) atoms. The van der Waals surface area contributed by atoms with Crippen LogP contribution in [0, 0.1) is 5.92 Å². The molecule has 0 radical (unpaired) electrons. The quantitative estimate of drug-likeness (QED) is 0.878. The van der Waals surface area contributed by atoms with Gasteiger partial charge in [-0.2, -0.15) is 0 Å². The molecule has 1 aliphatic heterocycles. The molecule has 1 aliphatic carbocycles. The predicted octanol–water partition coefficient (Wildman–Crippen LogP) is 2.63. The second-order valence-electron chi connectivity index (χ2n) is 5.35. The van der Waals surface area contributed by atoms with Gasteiger partial charge in [0.25, 0.3) is 5.91 Å². The van der Waals surface area contributed by atoms with Crippen LogP contribution in [0.2, 0.25) is 0 Å². The Labute approximate surface area is 128 Å². The van der Waals surface area contributed by atoms with Crippen LogP contribution in [0.25, 0.3) is 0 Å². The maximum absolute atomic E-state index is 12.2. The number of rotatable bonds is 5. The highest BCUT2D eigenvalue weighted by Gasteiger charge is 2.31. The highest BCUT2D eigenvalue weighted by atomic mass is 32.2. The highest BCUT2D eigenvalue weighted by molar-refractivity contribution is 8.19. The molecule has 1 amide bonds. The third kappa shape index (κ3) is 3.32. The zero-order chi connectivity index (χ0) is 13.9. The van der Waals surface area contributed by atoms with Gasteiger partial charge in [-0.15, -0.1) is 23.5 Å². The number of hydrogen-bond acceptors (Lipinski definition) is 4. The number of nitrogens with two attached hydrogens (primary N) is 1. The smallest absolute Gasteiger partial charge is 0.251 e. The van der Waals surface area contributed by atoms with Gasteiger partial charge in [-0.05, 0) is 36.5 Å². The van der Waals surface area contributed by atoms with Crippen LogP contribution >= 0.6 is 23.5 Å². The normalized spacial score (nSPS) is 20.9. The van der Waals surface area contributed by atoms with Crippen LogP contribution in [0.4, 0.5) is 0 Å². The van der Waals surface area contributed by atoms with Crippen molar-refractivity contribution in [3.8, 4) is 0 Å². The van der Waals surface area contributed by atoms with Gasteiger partial charge in [0.2, 0.25) is 0 Å². The molecular weight excluding hydrogens is 288 g/mol. The summed E-state index contributed by atoms with van der Waals surface area (Å²) in [5.41, 5.74) is 7.78. The molecule has 5 heteroatoms. The maximum Gasteiger partial charge on any atom is 0.251 e.